The zero-order chi connectivity index (χ0) is 25.7. The van der Waals surface area contributed by atoms with Crippen LogP contribution in [-0.2, 0) is 10.4 Å². The fourth-order valence-electron chi connectivity index (χ4n) is 3.55. The molecule has 0 aliphatic carbocycles. The number of aliphatic hydroxyl groups is 1. The Morgan fingerprint density at radius 3 is 2.21 bits per heavy atom. The van der Waals surface area contributed by atoms with Gasteiger partial charge in [0.05, 0.1) is 12.1 Å². The number of aromatic nitrogens is 1. The summed E-state index contributed by atoms with van der Waals surface area (Å²) in [5.74, 6) is -0.736. The standard InChI is InChI=1S/C24H29F3N4O3/c1-15(2)13-19(22(32)29-12-11-28)30-21(24(25,26)27)17-7-5-16(6-8-17)18-9-10-20(23(3,4)33)31(34)14-18/h5-10,14-15,19,21,30,33H,12-13H2,1-4H3,(H,29,32)/t19-,21?/m0/s1. The Morgan fingerprint density at radius 1 is 1.15 bits per heavy atom. The average Bonchev–Trinajstić information content (AvgIpc) is 2.73. The molecular weight excluding hydrogens is 449 g/mol. The van der Waals surface area contributed by atoms with E-state index < -0.39 is 29.8 Å². The molecule has 0 spiro atoms. The van der Waals surface area contributed by atoms with Gasteiger partial charge < -0.3 is 15.6 Å². The Hall–Kier alpha value is -3.16. The Kier molecular flexibility index (Phi) is 8.64. The van der Waals surface area contributed by atoms with E-state index in [2.05, 4.69) is 10.6 Å². The van der Waals surface area contributed by atoms with E-state index in [0.717, 1.165) is 0 Å². The lowest BCUT2D eigenvalue weighted by Gasteiger charge is -2.28. The lowest BCUT2D eigenvalue weighted by Crippen LogP contribution is -2.49. The van der Waals surface area contributed by atoms with Crippen molar-refractivity contribution in [1.82, 2.24) is 10.6 Å². The van der Waals surface area contributed by atoms with E-state index in [0.29, 0.717) is 15.9 Å². The van der Waals surface area contributed by atoms with Gasteiger partial charge in [0, 0.05) is 11.6 Å². The summed E-state index contributed by atoms with van der Waals surface area (Å²) in [5.41, 5.74) is -0.315. The van der Waals surface area contributed by atoms with Gasteiger partial charge in [0.15, 0.2) is 6.20 Å². The monoisotopic (exact) mass is 478 g/mol. The minimum Gasteiger partial charge on any atom is -0.618 e. The number of benzene rings is 1. The number of rotatable bonds is 9. The zero-order valence-electron chi connectivity index (χ0n) is 19.5. The van der Waals surface area contributed by atoms with Crippen LogP contribution in [0.25, 0.3) is 11.1 Å². The molecule has 0 fully saturated rings. The highest BCUT2D eigenvalue weighted by molar-refractivity contribution is 5.82. The molecule has 1 unspecified atom stereocenters. The number of carbonyl (C=O) groups is 1. The first-order chi connectivity index (χ1) is 15.7. The van der Waals surface area contributed by atoms with Crippen LogP contribution in [0, 0.1) is 22.5 Å². The Balaban J connectivity index is 2.33. The first kappa shape index (κ1) is 27.1. The molecule has 3 N–H and O–H groups in total. The third-order valence-corrected chi connectivity index (χ3v) is 5.18. The van der Waals surface area contributed by atoms with E-state index in [9.17, 15) is 28.3 Å². The fraction of sp³-hybridized carbons (Fsp3) is 0.458. The van der Waals surface area contributed by atoms with Crippen LogP contribution in [0.15, 0.2) is 42.6 Å². The van der Waals surface area contributed by atoms with Gasteiger partial charge in [0.2, 0.25) is 11.6 Å². The number of pyridine rings is 1. The summed E-state index contributed by atoms with van der Waals surface area (Å²) in [6.45, 7) is 6.22. The third-order valence-electron chi connectivity index (χ3n) is 5.18. The Labute approximate surface area is 196 Å². The second kappa shape index (κ2) is 10.8. The predicted octanol–water partition coefficient (Wildman–Crippen LogP) is 3.46. The molecular formula is C24H29F3N4O3. The van der Waals surface area contributed by atoms with Gasteiger partial charge in [-0.05, 0) is 43.4 Å². The highest BCUT2D eigenvalue weighted by atomic mass is 19.4. The van der Waals surface area contributed by atoms with Gasteiger partial charge in [0.1, 0.15) is 18.2 Å². The van der Waals surface area contributed by atoms with E-state index in [1.807, 2.05) is 0 Å². The number of hydrogen-bond donors (Lipinski definition) is 3. The molecule has 0 saturated carbocycles. The van der Waals surface area contributed by atoms with E-state index >= 15 is 0 Å². The van der Waals surface area contributed by atoms with Crippen molar-refractivity contribution in [3.8, 4) is 17.2 Å². The van der Waals surface area contributed by atoms with E-state index in [-0.39, 0.29) is 30.1 Å². The molecule has 1 heterocycles. The molecule has 2 rings (SSSR count). The maximum Gasteiger partial charge on any atom is 0.407 e. The number of carbonyl (C=O) groups excluding carboxylic acids is 1. The van der Waals surface area contributed by atoms with Crippen molar-refractivity contribution in [1.29, 1.82) is 5.26 Å². The summed E-state index contributed by atoms with van der Waals surface area (Å²) in [6.07, 6.45) is -3.28. The molecule has 34 heavy (non-hydrogen) atoms. The van der Waals surface area contributed by atoms with E-state index in [1.54, 1.807) is 26.0 Å². The summed E-state index contributed by atoms with van der Waals surface area (Å²) < 4.78 is 42.3. The van der Waals surface area contributed by atoms with Crippen molar-refractivity contribution in [3.63, 3.8) is 0 Å². The van der Waals surface area contributed by atoms with Crippen LogP contribution in [0.5, 0.6) is 0 Å². The van der Waals surface area contributed by atoms with Gasteiger partial charge in [-0.25, -0.2) is 0 Å². The lowest BCUT2D eigenvalue weighted by molar-refractivity contribution is -0.621. The van der Waals surface area contributed by atoms with Gasteiger partial charge in [-0.2, -0.15) is 23.2 Å². The molecule has 1 amide bonds. The highest BCUT2D eigenvalue weighted by Gasteiger charge is 2.43. The number of nitrogens with zero attached hydrogens (tertiary/aromatic N) is 2. The molecule has 2 aromatic rings. The van der Waals surface area contributed by atoms with Crippen molar-refractivity contribution in [2.75, 3.05) is 6.54 Å². The molecule has 0 saturated heterocycles. The molecule has 0 aliphatic heterocycles. The van der Waals surface area contributed by atoms with Crippen molar-refractivity contribution in [2.24, 2.45) is 5.92 Å². The second-order valence-corrected chi connectivity index (χ2v) is 9.01. The number of alkyl halides is 3. The molecule has 184 valence electrons. The Bertz CT molecular complexity index is 1030. The second-order valence-electron chi connectivity index (χ2n) is 9.01. The van der Waals surface area contributed by atoms with Gasteiger partial charge in [0.25, 0.3) is 0 Å². The first-order valence-corrected chi connectivity index (χ1v) is 10.8. The average molecular weight is 479 g/mol. The van der Waals surface area contributed by atoms with Crippen molar-refractivity contribution < 1.29 is 27.8 Å². The van der Waals surface area contributed by atoms with E-state index in [1.165, 1.54) is 50.4 Å². The summed E-state index contributed by atoms with van der Waals surface area (Å²) in [5, 5.41) is 35.7. The minimum absolute atomic E-state index is 0.0627. The minimum atomic E-state index is -4.68. The largest absolute Gasteiger partial charge is 0.618 e. The van der Waals surface area contributed by atoms with Crippen LogP contribution in [0.3, 0.4) is 0 Å². The molecule has 7 nitrogen and oxygen atoms in total. The molecule has 10 heteroatoms. The van der Waals surface area contributed by atoms with Crippen LogP contribution in [-0.4, -0.2) is 29.8 Å². The lowest BCUT2D eigenvalue weighted by atomic mass is 9.97. The molecule has 0 bridgehead atoms. The van der Waals surface area contributed by atoms with Crippen LogP contribution < -0.4 is 15.4 Å². The maximum atomic E-state index is 13.9. The maximum absolute atomic E-state index is 13.9. The number of nitrogens with one attached hydrogen (secondary N) is 2. The van der Waals surface area contributed by atoms with Gasteiger partial charge in [-0.3, -0.25) is 10.1 Å². The molecule has 1 aromatic heterocycles. The summed E-state index contributed by atoms with van der Waals surface area (Å²) in [4.78, 5) is 12.4. The third kappa shape index (κ3) is 7.17. The highest BCUT2D eigenvalue weighted by Crippen LogP contribution is 2.34. The first-order valence-electron chi connectivity index (χ1n) is 10.8. The normalized spacial score (nSPS) is 13.9. The molecule has 1 aromatic carbocycles. The number of amides is 1. The van der Waals surface area contributed by atoms with Crippen molar-refractivity contribution >= 4 is 5.91 Å². The van der Waals surface area contributed by atoms with Gasteiger partial charge in [-0.15, -0.1) is 0 Å². The zero-order valence-corrected chi connectivity index (χ0v) is 19.5. The SMILES string of the molecule is CC(C)C[C@H](NC(c1ccc(-c2ccc(C(C)(C)O)[n+]([O-])c2)cc1)C(F)(F)F)C(=O)NCC#N. The van der Waals surface area contributed by atoms with Crippen LogP contribution in [0.1, 0.15) is 51.4 Å². The molecule has 0 aliphatic rings. The van der Waals surface area contributed by atoms with E-state index in [4.69, 9.17) is 5.26 Å². The Morgan fingerprint density at radius 2 is 1.74 bits per heavy atom. The number of hydrogen-bond acceptors (Lipinski definition) is 5. The summed E-state index contributed by atoms with van der Waals surface area (Å²) >= 11 is 0. The summed E-state index contributed by atoms with van der Waals surface area (Å²) in [6, 6.07) is 7.06. The number of nitriles is 1. The van der Waals surface area contributed by atoms with Crippen LogP contribution in [0.4, 0.5) is 13.2 Å². The van der Waals surface area contributed by atoms with Gasteiger partial charge in [-0.1, -0.05) is 38.1 Å². The van der Waals surface area contributed by atoms with Gasteiger partial charge >= 0.3 is 6.18 Å². The topological polar surface area (TPSA) is 112 Å². The number of halogens is 3. The quantitative estimate of drug-likeness (QED) is 0.290. The van der Waals surface area contributed by atoms with Crippen LogP contribution >= 0.6 is 0 Å². The van der Waals surface area contributed by atoms with Crippen LogP contribution in [0.2, 0.25) is 0 Å². The molecule has 2 atom stereocenters. The fourth-order valence-corrected chi connectivity index (χ4v) is 3.55. The smallest absolute Gasteiger partial charge is 0.407 e. The predicted molar refractivity (Wildman–Crippen MR) is 120 cm³/mol. The molecule has 0 radical (unpaired) electrons. The summed E-state index contributed by atoms with van der Waals surface area (Å²) in [7, 11) is 0. The van der Waals surface area contributed by atoms with Crippen molar-refractivity contribution in [3.05, 3.63) is 59.1 Å². The van der Waals surface area contributed by atoms with Crippen molar-refractivity contribution in [2.45, 2.75) is 58.0 Å².